The molecule has 0 spiro atoms. The largest absolute Gasteiger partial charge is 0.453 e. The van der Waals surface area contributed by atoms with Crippen LogP contribution in [-0.4, -0.2) is 52.9 Å². The van der Waals surface area contributed by atoms with Gasteiger partial charge < -0.3 is 15.0 Å². The van der Waals surface area contributed by atoms with Gasteiger partial charge in [0.2, 0.25) is 5.91 Å². The Labute approximate surface area is 169 Å². The summed E-state index contributed by atoms with van der Waals surface area (Å²) in [6.07, 6.45) is -0.216. The second-order valence-electron chi connectivity index (χ2n) is 7.01. The third kappa shape index (κ3) is 4.23. The van der Waals surface area contributed by atoms with Crippen LogP contribution in [0.1, 0.15) is 42.4 Å². The maximum atomic E-state index is 12.9. The van der Waals surface area contributed by atoms with Gasteiger partial charge in [-0.1, -0.05) is 19.1 Å². The summed E-state index contributed by atoms with van der Waals surface area (Å²) in [6, 6.07) is 7.23. The van der Waals surface area contributed by atoms with E-state index in [2.05, 4.69) is 15.7 Å². The molecule has 0 aliphatic carbocycles. The molecule has 9 heteroatoms. The quantitative estimate of drug-likeness (QED) is 0.804. The van der Waals surface area contributed by atoms with Gasteiger partial charge in [0.1, 0.15) is 5.69 Å². The topological polar surface area (TPSA) is 106 Å². The van der Waals surface area contributed by atoms with Crippen molar-refractivity contribution in [2.75, 3.05) is 25.6 Å². The van der Waals surface area contributed by atoms with Crippen molar-refractivity contribution in [3.63, 3.8) is 0 Å². The summed E-state index contributed by atoms with van der Waals surface area (Å²) < 4.78 is 6.39. The number of anilines is 1. The van der Waals surface area contributed by atoms with Crippen LogP contribution >= 0.6 is 0 Å². The number of hydrogen-bond acceptors (Lipinski definition) is 5. The lowest BCUT2D eigenvalue weighted by Gasteiger charge is -2.31. The molecule has 1 aromatic heterocycles. The number of ether oxygens (including phenoxy) is 1. The summed E-state index contributed by atoms with van der Waals surface area (Å²) in [5.41, 5.74) is 3.22. The molecular formula is C20H25N5O4. The van der Waals surface area contributed by atoms with Crippen molar-refractivity contribution in [1.29, 1.82) is 0 Å². The summed E-state index contributed by atoms with van der Waals surface area (Å²) in [5.74, 6) is -0.309. The van der Waals surface area contributed by atoms with Crippen molar-refractivity contribution in [1.82, 2.24) is 20.0 Å². The van der Waals surface area contributed by atoms with Crippen LogP contribution in [-0.2, 0) is 9.53 Å². The number of amides is 3. The fraction of sp³-hybridized carbons (Fsp3) is 0.400. The molecule has 1 atom stereocenters. The van der Waals surface area contributed by atoms with Crippen LogP contribution in [0.2, 0.25) is 0 Å². The van der Waals surface area contributed by atoms with Gasteiger partial charge in [-0.2, -0.15) is 5.10 Å². The number of rotatable bonds is 5. The first-order valence-electron chi connectivity index (χ1n) is 9.45. The van der Waals surface area contributed by atoms with Gasteiger partial charge in [-0.3, -0.25) is 19.6 Å². The normalized spacial score (nSPS) is 15.7. The molecule has 2 heterocycles. The molecular weight excluding hydrogens is 374 g/mol. The Balaban J connectivity index is 1.93. The van der Waals surface area contributed by atoms with Crippen LogP contribution in [0.4, 0.5) is 10.5 Å². The molecule has 29 heavy (non-hydrogen) atoms. The Morgan fingerprint density at radius 1 is 1.31 bits per heavy atom. The van der Waals surface area contributed by atoms with E-state index in [1.807, 2.05) is 32.0 Å². The lowest BCUT2D eigenvalue weighted by Crippen LogP contribution is -2.47. The zero-order chi connectivity index (χ0) is 21.1. The molecule has 0 radical (unpaired) electrons. The van der Waals surface area contributed by atoms with Crippen LogP contribution < -0.4 is 10.6 Å². The molecule has 2 N–H and O–H groups in total. The number of nitrogens with one attached hydrogen (secondary N) is 2. The van der Waals surface area contributed by atoms with E-state index >= 15 is 0 Å². The van der Waals surface area contributed by atoms with E-state index in [1.54, 1.807) is 22.6 Å². The maximum Gasteiger partial charge on any atom is 0.411 e. The van der Waals surface area contributed by atoms with Gasteiger partial charge in [0, 0.05) is 18.5 Å². The molecule has 1 aliphatic rings. The smallest absolute Gasteiger partial charge is 0.411 e. The number of fused-ring (bicyclic) bond motifs is 1. The second kappa shape index (κ2) is 8.34. The Bertz CT molecular complexity index is 952. The molecule has 0 saturated carbocycles. The molecule has 9 nitrogen and oxygen atoms in total. The lowest BCUT2D eigenvalue weighted by atomic mass is 10.1. The van der Waals surface area contributed by atoms with Crippen LogP contribution in [0, 0.1) is 6.92 Å². The van der Waals surface area contributed by atoms with Crippen molar-refractivity contribution in [2.45, 2.75) is 33.2 Å². The van der Waals surface area contributed by atoms with Gasteiger partial charge in [0.05, 0.1) is 31.2 Å². The van der Waals surface area contributed by atoms with E-state index in [0.29, 0.717) is 35.6 Å². The van der Waals surface area contributed by atoms with Crippen molar-refractivity contribution in [3.8, 4) is 11.3 Å². The standard InChI is InChI=1S/C20H25N5O4/c1-5-18(26)21-11-24-10-13(3)25-17(19(24)27)9-16(23-25)14-7-6-12(2)8-15(14)22-20(28)29-4/h6-9,13H,5,10-11H2,1-4H3,(H,21,26)(H,22,28). The number of aromatic nitrogens is 2. The molecule has 3 rings (SSSR count). The molecule has 1 aliphatic heterocycles. The van der Waals surface area contributed by atoms with Crippen molar-refractivity contribution in [2.24, 2.45) is 0 Å². The Morgan fingerprint density at radius 2 is 2.07 bits per heavy atom. The number of nitrogens with zero attached hydrogens (tertiary/aromatic N) is 3. The Hall–Kier alpha value is -3.36. The van der Waals surface area contributed by atoms with E-state index in [1.165, 1.54) is 7.11 Å². The van der Waals surface area contributed by atoms with Crippen LogP contribution in [0.25, 0.3) is 11.3 Å². The molecule has 0 bridgehead atoms. The molecule has 3 amide bonds. The zero-order valence-corrected chi connectivity index (χ0v) is 17.0. The number of methoxy groups -OCH3 is 1. The summed E-state index contributed by atoms with van der Waals surface area (Å²) in [4.78, 5) is 37.8. The first-order valence-corrected chi connectivity index (χ1v) is 9.45. The van der Waals surface area contributed by atoms with Gasteiger partial charge in [-0.05, 0) is 31.5 Å². The highest BCUT2D eigenvalue weighted by molar-refractivity contribution is 5.96. The molecule has 154 valence electrons. The van der Waals surface area contributed by atoms with Crippen molar-refractivity contribution < 1.29 is 19.1 Å². The van der Waals surface area contributed by atoms with Gasteiger partial charge in [0.25, 0.3) is 5.91 Å². The monoisotopic (exact) mass is 399 g/mol. The van der Waals surface area contributed by atoms with E-state index in [9.17, 15) is 14.4 Å². The summed E-state index contributed by atoms with van der Waals surface area (Å²) in [5, 5.41) is 10.0. The average Bonchev–Trinajstić information content (AvgIpc) is 3.15. The predicted octanol–water partition coefficient (Wildman–Crippen LogP) is 2.54. The van der Waals surface area contributed by atoms with Crippen LogP contribution in [0.15, 0.2) is 24.3 Å². The van der Waals surface area contributed by atoms with Gasteiger partial charge in [-0.15, -0.1) is 0 Å². The average molecular weight is 399 g/mol. The van der Waals surface area contributed by atoms with E-state index in [0.717, 1.165) is 5.56 Å². The summed E-state index contributed by atoms with van der Waals surface area (Å²) >= 11 is 0. The van der Waals surface area contributed by atoms with Crippen molar-refractivity contribution in [3.05, 3.63) is 35.5 Å². The van der Waals surface area contributed by atoms with E-state index < -0.39 is 6.09 Å². The highest BCUT2D eigenvalue weighted by Crippen LogP contribution is 2.31. The SMILES string of the molecule is CCC(=O)NCN1CC(C)n2nc(-c3ccc(C)cc3NC(=O)OC)cc2C1=O. The molecule has 0 saturated heterocycles. The van der Waals surface area contributed by atoms with Gasteiger partial charge >= 0.3 is 6.09 Å². The predicted molar refractivity (Wildman–Crippen MR) is 107 cm³/mol. The van der Waals surface area contributed by atoms with Gasteiger partial charge in [-0.25, -0.2) is 4.79 Å². The van der Waals surface area contributed by atoms with E-state index in [4.69, 9.17) is 4.74 Å². The van der Waals surface area contributed by atoms with Crippen molar-refractivity contribution >= 4 is 23.6 Å². The third-order valence-corrected chi connectivity index (χ3v) is 4.81. The summed E-state index contributed by atoms with van der Waals surface area (Å²) in [7, 11) is 1.30. The van der Waals surface area contributed by atoms with E-state index in [-0.39, 0.29) is 24.5 Å². The number of carbonyl (C=O) groups is 3. The number of benzene rings is 1. The second-order valence-corrected chi connectivity index (χ2v) is 7.01. The third-order valence-electron chi connectivity index (χ3n) is 4.81. The van der Waals surface area contributed by atoms with Crippen LogP contribution in [0.5, 0.6) is 0 Å². The first-order chi connectivity index (χ1) is 13.8. The Kier molecular flexibility index (Phi) is 5.86. The molecule has 2 aromatic rings. The molecule has 0 fully saturated rings. The minimum atomic E-state index is -0.580. The minimum Gasteiger partial charge on any atom is -0.453 e. The number of aryl methyl sites for hydroxylation is 1. The first kappa shape index (κ1) is 20.4. The highest BCUT2D eigenvalue weighted by Gasteiger charge is 2.31. The number of carbonyl (C=O) groups excluding carboxylic acids is 3. The fourth-order valence-electron chi connectivity index (χ4n) is 3.25. The number of hydrogen-bond donors (Lipinski definition) is 2. The zero-order valence-electron chi connectivity index (χ0n) is 17.0. The lowest BCUT2D eigenvalue weighted by molar-refractivity contribution is -0.121. The van der Waals surface area contributed by atoms with Crippen LogP contribution in [0.3, 0.4) is 0 Å². The highest BCUT2D eigenvalue weighted by atomic mass is 16.5. The summed E-state index contributed by atoms with van der Waals surface area (Å²) in [6.45, 7) is 6.25. The minimum absolute atomic E-state index is 0.0579. The Morgan fingerprint density at radius 3 is 2.76 bits per heavy atom. The molecule has 1 aromatic carbocycles. The molecule has 1 unspecified atom stereocenters. The fourth-order valence-corrected chi connectivity index (χ4v) is 3.25. The maximum absolute atomic E-state index is 12.9. The van der Waals surface area contributed by atoms with Gasteiger partial charge in [0.15, 0.2) is 0 Å².